The molecule has 0 spiro atoms. The molecular formula is C20H21N3O2S2. The zero-order chi connectivity index (χ0) is 19.2. The van der Waals surface area contributed by atoms with Crippen molar-refractivity contribution in [3.8, 4) is 5.75 Å². The number of rotatable bonds is 8. The molecule has 1 aromatic heterocycles. The van der Waals surface area contributed by atoms with Crippen molar-refractivity contribution < 1.29 is 9.53 Å². The van der Waals surface area contributed by atoms with Crippen molar-refractivity contribution in [2.45, 2.75) is 29.9 Å². The van der Waals surface area contributed by atoms with Crippen LogP contribution in [-0.2, 0) is 6.42 Å². The number of nitrogens with zero attached hydrogens (tertiary/aromatic N) is 2. The maximum Gasteiger partial charge on any atom is 0.210 e. The Labute approximate surface area is 167 Å². The molecule has 0 amide bonds. The number of ketones is 1. The number of thioether (sulfide) groups is 1. The van der Waals surface area contributed by atoms with Gasteiger partial charge in [-0.2, -0.15) is 0 Å². The summed E-state index contributed by atoms with van der Waals surface area (Å²) < 4.78 is 5.91. The molecule has 0 aliphatic carbocycles. The van der Waals surface area contributed by atoms with E-state index in [-0.39, 0.29) is 11.0 Å². The Morgan fingerprint density at radius 3 is 2.48 bits per heavy atom. The van der Waals surface area contributed by atoms with E-state index in [1.54, 1.807) is 7.11 Å². The van der Waals surface area contributed by atoms with Gasteiger partial charge in [0.1, 0.15) is 5.75 Å². The minimum absolute atomic E-state index is 0.0996. The number of ether oxygens (including phenoxy) is 1. The Bertz CT molecular complexity index is 892. The predicted octanol–water partition coefficient (Wildman–Crippen LogP) is 5.22. The Morgan fingerprint density at radius 2 is 1.85 bits per heavy atom. The molecule has 0 bridgehead atoms. The van der Waals surface area contributed by atoms with Gasteiger partial charge in [0.25, 0.3) is 0 Å². The second kappa shape index (κ2) is 9.01. The Balaban J connectivity index is 1.60. The van der Waals surface area contributed by atoms with E-state index in [0.29, 0.717) is 5.13 Å². The molecule has 7 heteroatoms. The summed E-state index contributed by atoms with van der Waals surface area (Å²) in [6.07, 6.45) is 0.966. The highest BCUT2D eigenvalue weighted by Crippen LogP contribution is 2.32. The van der Waals surface area contributed by atoms with E-state index in [0.717, 1.165) is 27.8 Å². The van der Waals surface area contributed by atoms with Gasteiger partial charge >= 0.3 is 0 Å². The molecule has 0 aliphatic rings. The molecular weight excluding hydrogens is 378 g/mol. The van der Waals surface area contributed by atoms with Gasteiger partial charge in [-0.05, 0) is 43.2 Å². The Hall–Kier alpha value is -2.38. The number of nitrogens with one attached hydrogen (secondary N) is 1. The van der Waals surface area contributed by atoms with E-state index in [4.69, 9.17) is 4.74 Å². The summed E-state index contributed by atoms with van der Waals surface area (Å²) >= 11 is 2.86. The molecule has 1 N–H and O–H groups in total. The van der Waals surface area contributed by atoms with Gasteiger partial charge in [0, 0.05) is 11.3 Å². The summed E-state index contributed by atoms with van der Waals surface area (Å²) in [6.45, 7) is 4.00. The van der Waals surface area contributed by atoms with Crippen molar-refractivity contribution in [2.24, 2.45) is 0 Å². The molecule has 3 aromatic rings. The first kappa shape index (κ1) is 19.4. The number of hydrogen-bond donors (Lipinski definition) is 1. The van der Waals surface area contributed by atoms with Crippen LogP contribution in [0.1, 0.15) is 29.8 Å². The van der Waals surface area contributed by atoms with Gasteiger partial charge in [-0.1, -0.05) is 54.3 Å². The summed E-state index contributed by atoms with van der Waals surface area (Å²) in [7, 11) is 1.64. The van der Waals surface area contributed by atoms with E-state index < -0.39 is 0 Å². The second-order valence-corrected chi connectivity index (χ2v) is 8.47. The first-order valence-corrected chi connectivity index (χ1v) is 10.3. The number of anilines is 2. The molecule has 0 radical (unpaired) electrons. The monoisotopic (exact) mass is 399 g/mol. The van der Waals surface area contributed by atoms with Crippen molar-refractivity contribution in [1.82, 2.24) is 10.2 Å². The highest BCUT2D eigenvalue weighted by Gasteiger charge is 2.19. The van der Waals surface area contributed by atoms with Crippen LogP contribution in [0.2, 0.25) is 0 Å². The molecule has 0 aliphatic heterocycles. The molecule has 0 saturated carbocycles. The van der Waals surface area contributed by atoms with E-state index in [9.17, 15) is 4.79 Å². The molecule has 1 atom stereocenters. The quantitative estimate of drug-likeness (QED) is 0.414. The predicted molar refractivity (Wildman–Crippen MR) is 112 cm³/mol. The van der Waals surface area contributed by atoms with Gasteiger partial charge in [0.2, 0.25) is 5.13 Å². The van der Waals surface area contributed by atoms with Gasteiger partial charge in [0.15, 0.2) is 10.1 Å². The van der Waals surface area contributed by atoms with Crippen LogP contribution in [0.3, 0.4) is 0 Å². The van der Waals surface area contributed by atoms with Gasteiger partial charge in [-0.25, -0.2) is 0 Å². The van der Waals surface area contributed by atoms with Crippen LogP contribution in [0.5, 0.6) is 5.75 Å². The van der Waals surface area contributed by atoms with E-state index >= 15 is 0 Å². The molecule has 1 unspecified atom stereocenters. The lowest BCUT2D eigenvalue weighted by Gasteiger charge is -2.08. The van der Waals surface area contributed by atoms with Gasteiger partial charge in [0.05, 0.1) is 12.4 Å². The number of aromatic nitrogens is 2. The van der Waals surface area contributed by atoms with Crippen LogP contribution in [0, 0.1) is 0 Å². The lowest BCUT2D eigenvalue weighted by atomic mass is 10.1. The zero-order valence-electron chi connectivity index (χ0n) is 15.4. The van der Waals surface area contributed by atoms with Crippen molar-refractivity contribution in [2.75, 3.05) is 12.4 Å². The topological polar surface area (TPSA) is 64.1 Å². The molecule has 5 nitrogen and oxygen atoms in total. The highest BCUT2D eigenvalue weighted by molar-refractivity contribution is 8.02. The third-order valence-electron chi connectivity index (χ3n) is 4.04. The third-order valence-corrected chi connectivity index (χ3v) is 6.06. The first-order valence-electron chi connectivity index (χ1n) is 8.63. The lowest BCUT2D eigenvalue weighted by Crippen LogP contribution is -2.13. The minimum atomic E-state index is -0.223. The molecule has 0 saturated heterocycles. The van der Waals surface area contributed by atoms with Crippen molar-refractivity contribution in [3.05, 3.63) is 59.7 Å². The fourth-order valence-corrected chi connectivity index (χ4v) is 4.44. The van der Waals surface area contributed by atoms with Gasteiger partial charge < -0.3 is 10.1 Å². The number of benzene rings is 2. The van der Waals surface area contributed by atoms with E-state index in [2.05, 4.69) is 22.4 Å². The molecule has 2 aromatic carbocycles. The van der Waals surface area contributed by atoms with Gasteiger partial charge in [-0.15, -0.1) is 10.2 Å². The largest absolute Gasteiger partial charge is 0.497 e. The number of hydrogen-bond acceptors (Lipinski definition) is 7. The number of Topliss-reactive ketones (excluding diaryl/α,β-unsaturated/α-hetero) is 1. The summed E-state index contributed by atoms with van der Waals surface area (Å²) in [5.41, 5.74) is 2.86. The van der Waals surface area contributed by atoms with Crippen LogP contribution in [0.15, 0.2) is 52.9 Å². The number of methoxy groups -OCH3 is 1. The Kier molecular flexibility index (Phi) is 6.47. The van der Waals surface area contributed by atoms with Crippen LogP contribution in [-0.4, -0.2) is 28.3 Å². The fraction of sp³-hybridized carbons (Fsp3) is 0.250. The smallest absolute Gasteiger partial charge is 0.210 e. The summed E-state index contributed by atoms with van der Waals surface area (Å²) in [4.78, 5) is 12.6. The SMILES string of the molecule is CCc1ccc(C(=O)C(C)Sc2nnc(Nc3ccc(OC)cc3)s2)cc1. The Morgan fingerprint density at radius 1 is 1.15 bits per heavy atom. The lowest BCUT2D eigenvalue weighted by molar-refractivity contribution is 0.0994. The van der Waals surface area contributed by atoms with Gasteiger partial charge in [-0.3, -0.25) is 4.79 Å². The molecule has 3 rings (SSSR count). The molecule has 27 heavy (non-hydrogen) atoms. The van der Waals surface area contributed by atoms with E-state index in [1.165, 1.54) is 28.7 Å². The van der Waals surface area contributed by atoms with Crippen molar-refractivity contribution >= 4 is 39.7 Å². The average molecular weight is 400 g/mol. The number of carbonyl (C=O) groups is 1. The first-order chi connectivity index (χ1) is 13.1. The average Bonchev–Trinajstić information content (AvgIpc) is 3.14. The van der Waals surface area contributed by atoms with Crippen LogP contribution < -0.4 is 10.1 Å². The maximum absolute atomic E-state index is 12.6. The number of aryl methyl sites for hydroxylation is 1. The minimum Gasteiger partial charge on any atom is -0.497 e. The maximum atomic E-state index is 12.6. The van der Waals surface area contributed by atoms with Crippen molar-refractivity contribution in [3.63, 3.8) is 0 Å². The third kappa shape index (κ3) is 5.08. The second-order valence-electron chi connectivity index (χ2n) is 5.90. The van der Waals surface area contributed by atoms with E-state index in [1.807, 2.05) is 55.5 Å². The summed E-state index contributed by atoms with van der Waals surface area (Å²) in [5.74, 6) is 0.899. The van der Waals surface area contributed by atoms with Crippen LogP contribution in [0.25, 0.3) is 0 Å². The molecule has 140 valence electrons. The molecule has 1 heterocycles. The molecule has 0 fully saturated rings. The number of carbonyl (C=O) groups excluding carboxylic acids is 1. The van der Waals surface area contributed by atoms with Crippen LogP contribution in [0.4, 0.5) is 10.8 Å². The standard InChI is InChI=1S/C20H21N3O2S2/c1-4-14-5-7-15(8-6-14)18(24)13(2)26-20-23-22-19(27-20)21-16-9-11-17(25-3)12-10-16/h5-13H,4H2,1-3H3,(H,21,22). The summed E-state index contributed by atoms with van der Waals surface area (Å²) in [6, 6.07) is 15.4. The normalized spacial score (nSPS) is 11.8. The van der Waals surface area contributed by atoms with Crippen LogP contribution >= 0.6 is 23.1 Å². The zero-order valence-corrected chi connectivity index (χ0v) is 17.1. The summed E-state index contributed by atoms with van der Waals surface area (Å²) in [5, 5.41) is 12.0. The van der Waals surface area contributed by atoms with Crippen molar-refractivity contribution in [1.29, 1.82) is 0 Å². The highest BCUT2D eigenvalue weighted by atomic mass is 32.2. The fourth-order valence-electron chi connectivity index (χ4n) is 2.45.